The van der Waals surface area contributed by atoms with Gasteiger partial charge in [-0.15, -0.1) is 0 Å². The number of amides is 1. The highest BCUT2D eigenvalue weighted by Gasteiger charge is 2.33. The molecule has 162 valence electrons. The van der Waals surface area contributed by atoms with E-state index in [4.69, 9.17) is 0 Å². The lowest BCUT2D eigenvalue weighted by Gasteiger charge is -2.39. The van der Waals surface area contributed by atoms with Crippen LogP contribution in [0.4, 0.5) is 15.8 Å². The molecule has 0 aromatic heterocycles. The number of piperazine rings is 1. The first-order valence-corrected chi connectivity index (χ1v) is 11.8. The summed E-state index contributed by atoms with van der Waals surface area (Å²) in [6.45, 7) is 7.26. The summed E-state index contributed by atoms with van der Waals surface area (Å²) >= 11 is 0. The molecule has 1 heterocycles. The lowest BCUT2D eigenvalue weighted by Crippen LogP contribution is -2.55. The van der Waals surface area contributed by atoms with Crippen molar-refractivity contribution < 1.29 is 17.6 Å². The van der Waals surface area contributed by atoms with E-state index in [-0.39, 0.29) is 11.7 Å². The van der Waals surface area contributed by atoms with E-state index >= 15 is 0 Å². The number of benzene rings is 2. The molecule has 1 aliphatic rings. The van der Waals surface area contributed by atoms with Crippen molar-refractivity contribution in [2.24, 2.45) is 0 Å². The summed E-state index contributed by atoms with van der Waals surface area (Å²) in [7, 11) is -3.66. The molecule has 8 heteroatoms. The Kier molecular flexibility index (Phi) is 6.36. The Balaban J connectivity index is 1.76. The third kappa shape index (κ3) is 4.59. The van der Waals surface area contributed by atoms with Crippen molar-refractivity contribution in [3.63, 3.8) is 0 Å². The molecule has 0 bridgehead atoms. The van der Waals surface area contributed by atoms with Gasteiger partial charge in [-0.25, -0.2) is 12.8 Å². The van der Waals surface area contributed by atoms with Crippen LogP contribution < -0.4 is 9.21 Å². The van der Waals surface area contributed by atoms with Crippen molar-refractivity contribution in [2.75, 3.05) is 41.6 Å². The second-order valence-corrected chi connectivity index (χ2v) is 9.63. The number of carbonyl (C=O) groups is 1. The molecule has 6 nitrogen and oxygen atoms in total. The summed E-state index contributed by atoms with van der Waals surface area (Å²) in [6, 6.07) is 11.1. The average molecular weight is 434 g/mol. The molecule has 1 amide bonds. The van der Waals surface area contributed by atoms with Gasteiger partial charge in [0.15, 0.2) is 0 Å². The molecule has 0 spiro atoms. The first-order chi connectivity index (χ1) is 14.1. The Morgan fingerprint density at radius 1 is 1.03 bits per heavy atom. The zero-order valence-electron chi connectivity index (χ0n) is 17.8. The molecular formula is C22H28FN3O3S. The number of halogens is 1. The molecule has 0 aliphatic carbocycles. The minimum atomic E-state index is -3.66. The summed E-state index contributed by atoms with van der Waals surface area (Å²) in [5.74, 6) is -0.546. The monoisotopic (exact) mass is 433 g/mol. The summed E-state index contributed by atoms with van der Waals surface area (Å²) in [5, 5.41) is 0. The van der Waals surface area contributed by atoms with E-state index < -0.39 is 16.1 Å². The van der Waals surface area contributed by atoms with Crippen LogP contribution in [0.2, 0.25) is 0 Å². The van der Waals surface area contributed by atoms with Gasteiger partial charge >= 0.3 is 0 Å². The number of nitrogens with zero attached hydrogens (tertiary/aromatic N) is 3. The highest BCUT2D eigenvalue weighted by atomic mass is 32.2. The van der Waals surface area contributed by atoms with Crippen molar-refractivity contribution in [1.82, 2.24) is 4.90 Å². The topological polar surface area (TPSA) is 60.9 Å². The average Bonchev–Trinajstić information content (AvgIpc) is 2.70. The van der Waals surface area contributed by atoms with Crippen LogP contribution in [0.5, 0.6) is 0 Å². The summed E-state index contributed by atoms with van der Waals surface area (Å²) < 4.78 is 40.3. The van der Waals surface area contributed by atoms with E-state index in [1.807, 2.05) is 24.8 Å². The fourth-order valence-electron chi connectivity index (χ4n) is 3.81. The lowest BCUT2D eigenvalue weighted by atomic mass is 10.1. The molecular weight excluding hydrogens is 405 g/mol. The minimum absolute atomic E-state index is 0.258. The van der Waals surface area contributed by atoms with Crippen molar-refractivity contribution in [3.8, 4) is 0 Å². The Morgan fingerprint density at radius 3 is 2.23 bits per heavy atom. The van der Waals surface area contributed by atoms with Gasteiger partial charge in [0.2, 0.25) is 15.9 Å². The van der Waals surface area contributed by atoms with Crippen LogP contribution in [-0.2, 0) is 14.8 Å². The first-order valence-electron chi connectivity index (χ1n) is 9.94. The number of aryl methyl sites for hydroxylation is 2. The highest BCUT2D eigenvalue weighted by molar-refractivity contribution is 7.92. The largest absolute Gasteiger partial charge is 0.366 e. The van der Waals surface area contributed by atoms with Crippen LogP contribution in [0.1, 0.15) is 18.1 Å². The van der Waals surface area contributed by atoms with Gasteiger partial charge in [0.1, 0.15) is 11.9 Å². The highest BCUT2D eigenvalue weighted by Crippen LogP contribution is 2.25. The van der Waals surface area contributed by atoms with Crippen LogP contribution in [0.3, 0.4) is 0 Å². The van der Waals surface area contributed by atoms with Gasteiger partial charge in [-0.3, -0.25) is 9.10 Å². The van der Waals surface area contributed by atoms with Crippen molar-refractivity contribution in [3.05, 3.63) is 59.4 Å². The van der Waals surface area contributed by atoms with Crippen LogP contribution in [-0.4, -0.2) is 57.7 Å². The van der Waals surface area contributed by atoms with Crippen LogP contribution >= 0.6 is 0 Å². The zero-order chi connectivity index (χ0) is 22.1. The number of para-hydroxylation sites is 1. The number of hydrogen-bond donors (Lipinski definition) is 0. The number of sulfonamides is 1. The fraction of sp³-hybridized carbons (Fsp3) is 0.409. The molecule has 0 radical (unpaired) electrons. The van der Waals surface area contributed by atoms with E-state index in [2.05, 4.69) is 0 Å². The molecule has 0 unspecified atom stereocenters. The van der Waals surface area contributed by atoms with Gasteiger partial charge in [-0.1, -0.05) is 18.2 Å². The molecule has 1 atom stereocenters. The van der Waals surface area contributed by atoms with E-state index in [1.54, 1.807) is 42.2 Å². The third-order valence-corrected chi connectivity index (χ3v) is 6.84. The van der Waals surface area contributed by atoms with E-state index in [0.29, 0.717) is 37.6 Å². The van der Waals surface area contributed by atoms with E-state index in [9.17, 15) is 17.6 Å². The molecule has 0 N–H and O–H groups in total. The maximum absolute atomic E-state index is 14.0. The van der Waals surface area contributed by atoms with E-state index in [0.717, 1.165) is 17.4 Å². The van der Waals surface area contributed by atoms with Crippen LogP contribution in [0.15, 0.2) is 42.5 Å². The fourth-order valence-corrected chi connectivity index (χ4v) is 4.97. The Morgan fingerprint density at radius 2 is 1.67 bits per heavy atom. The number of carbonyl (C=O) groups excluding carboxylic acids is 1. The van der Waals surface area contributed by atoms with Crippen molar-refractivity contribution in [2.45, 2.75) is 26.8 Å². The molecule has 0 saturated carbocycles. The second-order valence-electron chi connectivity index (χ2n) is 7.77. The summed E-state index contributed by atoms with van der Waals surface area (Å²) in [5.41, 5.74) is 3.01. The predicted octanol–water partition coefficient (Wildman–Crippen LogP) is 2.95. The summed E-state index contributed by atoms with van der Waals surface area (Å²) in [4.78, 5) is 16.7. The first kappa shape index (κ1) is 22.1. The maximum Gasteiger partial charge on any atom is 0.246 e. The van der Waals surface area contributed by atoms with Crippen LogP contribution in [0.25, 0.3) is 0 Å². The molecule has 2 aromatic rings. The zero-order valence-corrected chi connectivity index (χ0v) is 18.6. The molecule has 1 saturated heterocycles. The molecule has 1 fully saturated rings. The molecule has 2 aromatic carbocycles. The normalized spacial score (nSPS) is 15.8. The smallest absolute Gasteiger partial charge is 0.246 e. The van der Waals surface area contributed by atoms with E-state index in [1.165, 1.54) is 10.4 Å². The number of rotatable bonds is 5. The van der Waals surface area contributed by atoms with Gasteiger partial charge in [0.05, 0.1) is 17.6 Å². The molecule has 3 rings (SSSR count). The molecule has 30 heavy (non-hydrogen) atoms. The predicted molar refractivity (Wildman–Crippen MR) is 118 cm³/mol. The van der Waals surface area contributed by atoms with Crippen molar-refractivity contribution >= 4 is 27.3 Å². The lowest BCUT2D eigenvalue weighted by molar-refractivity contribution is -0.132. The van der Waals surface area contributed by atoms with Crippen molar-refractivity contribution in [1.29, 1.82) is 0 Å². The number of anilines is 2. The minimum Gasteiger partial charge on any atom is -0.366 e. The van der Waals surface area contributed by atoms with Gasteiger partial charge in [-0.2, -0.15) is 0 Å². The Bertz CT molecular complexity index is 1030. The Labute approximate surface area is 177 Å². The number of hydrogen-bond acceptors (Lipinski definition) is 4. The third-order valence-electron chi connectivity index (χ3n) is 5.60. The summed E-state index contributed by atoms with van der Waals surface area (Å²) in [6.07, 6.45) is 1.11. The SMILES string of the molecule is Cc1ccc(N([C@@H](C)C(=O)N2CCN(c3ccccc3F)CC2)S(C)(=O)=O)cc1C. The second kappa shape index (κ2) is 8.63. The van der Waals surface area contributed by atoms with Gasteiger partial charge < -0.3 is 9.80 Å². The standard InChI is InChI=1S/C22H28FN3O3S/c1-16-9-10-19(15-17(16)2)26(30(4,28)29)18(3)22(27)25-13-11-24(12-14-25)21-8-6-5-7-20(21)23/h5-10,15,18H,11-14H2,1-4H3/t18-/m0/s1. The molecule has 1 aliphatic heterocycles. The van der Waals surface area contributed by atoms with Gasteiger partial charge in [-0.05, 0) is 56.2 Å². The maximum atomic E-state index is 14.0. The quantitative estimate of drug-likeness (QED) is 0.728. The van der Waals surface area contributed by atoms with Crippen LogP contribution in [0, 0.1) is 19.7 Å². The van der Waals surface area contributed by atoms with Gasteiger partial charge in [0, 0.05) is 26.2 Å². The van der Waals surface area contributed by atoms with Gasteiger partial charge in [0.25, 0.3) is 0 Å². The Hall–Kier alpha value is -2.61.